The first kappa shape index (κ1) is 16.8. The van der Waals surface area contributed by atoms with E-state index in [1.54, 1.807) is 6.07 Å². The maximum atomic E-state index is 12.3. The Bertz CT molecular complexity index is 897. The van der Waals surface area contributed by atoms with Crippen molar-refractivity contribution < 1.29 is 22.7 Å². The Kier molecular flexibility index (Phi) is 4.55. The largest absolute Gasteiger partial charge is 0.454 e. The Morgan fingerprint density at radius 1 is 1.04 bits per heavy atom. The van der Waals surface area contributed by atoms with Gasteiger partial charge in [0.1, 0.15) is 4.90 Å². The fourth-order valence-electron chi connectivity index (χ4n) is 2.01. The zero-order chi connectivity index (χ0) is 17.3. The van der Waals surface area contributed by atoms with Crippen molar-refractivity contribution in [2.75, 3.05) is 6.79 Å². The summed E-state index contributed by atoms with van der Waals surface area (Å²) in [6, 6.07) is 8.73. The predicted molar refractivity (Wildman–Crippen MR) is 86.8 cm³/mol. The zero-order valence-corrected chi connectivity index (χ0v) is 14.2. The molecule has 0 aromatic heterocycles. The van der Waals surface area contributed by atoms with E-state index in [1.807, 2.05) is 4.83 Å². The molecule has 1 amide bonds. The first-order chi connectivity index (χ1) is 11.4. The number of carbonyl (C=O) groups excluding carboxylic acids is 1. The van der Waals surface area contributed by atoms with Gasteiger partial charge in [-0.25, -0.2) is 8.42 Å². The number of carbonyl (C=O) groups is 1. The highest BCUT2D eigenvalue weighted by Gasteiger charge is 2.23. The topological polar surface area (TPSA) is 93.7 Å². The van der Waals surface area contributed by atoms with Gasteiger partial charge in [-0.15, -0.1) is 4.83 Å². The minimum absolute atomic E-state index is 0.0627. The summed E-state index contributed by atoms with van der Waals surface area (Å²) in [5.41, 5.74) is 2.28. The summed E-state index contributed by atoms with van der Waals surface area (Å²) < 4.78 is 34.8. The van der Waals surface area contributed by atoms with Crippen LogP contribution in [-0.4, -0.2) is 21.1 Å². The number of amides is 1. The predicted octanol–water partition coefficient (Wildman–Crippen LogP) is 2.35. The average molecular weight is 389 g/mol. The molecule has 1 aliphatic heterocycles. The van der Waals surface area contributed by atoms with Crippen LogP contribution in [0.5, 0.6) is 11.5 Å². The van der Waals surface area contributed by atoms with Gasteiger partial charge in [-0.05, 0) is 30.3 Å². The first-order valence-corrected chi connectivity index (χ1v) is 8.78. The summed E-state index contributed by atoms with van der Waals surface area (Å²) in [5, 5.41) is -0.125. The van der Waals surface area contributed by atoms with E-state index in [9.17, 15) is 13.2 Å². The number of nitrogens with one attached hydrogen (secondary N) is 2. The van der Waals surface area contributed by atoms with Crippen LogP contribution in [0.4, 0.5) is 0 Å². The van der Waals surface area contributed by atoms with Crippen molar-refractivity contribution in [3.63, 3.8) is 0 Å². The minimum atomic E-state index is -4.14. The lowest BCUT2D eigenvalue weighted by Gasteiger charge is -2.11. The Balaban J connectivity index is 1.76. The molecule has 0 bridgehead atoms. The molecule has 0 radical (unpaired) electrons. The SMILES string of the molecule is O=C(NNS(=O)(=O)c1c(Cl)cccc1Cl)c1ccc2c(c1)OCO2. The maximum Gasteiger partial charge on any atom is 0.266 e. The lowest BCUT2D eigenvalue weighted by atomic mass is 10.2. The number of ether oxygens (including phenoxy) is 2. The number of sulfonamides is 1. The summed E-state index contributed by atoms with van der Waals surface area (Å²) in [5.74, 6) is 0.231. The van der Waals surface area contributed by atoms with Gasteiger partial charge in [0.2, 0.25) is 6.79 Å². The molecular formula is C14H10Cl2N2O5S. The molecule has 2 aromatic rings. The van der Waals surface area contributed by atoms with Gasteiger partial charge in [-0.3, -0.25) is 10.2 Å². The molecule has 0 atom stereocenters. The lowest BCUT2D eigenvalue weighted by molar-refractivity contribution is 0.0944. The second-order valence-corrected chi connectivity index (χ2v) is 7.11. The summed E-state index contributed by atoms with van der Waals surface area (Å²) >= 11 is 11.7. The van der Waals surface area contributed by atoms with Crippen molar-refractivity contribution in [3.05, 3.63) is 52.0 Å². The summed E-state index contributed by atoms with van der Waals surface area (Å²) in [6.45, 7) is 0.0675. The molecule has 0 saturated carbocycles. The van der Waals surface area contributed by atoms with E-state index < -0.39 is 15.9 Å². The number of hydrazine groups is 1. The van der Waals surface area contributed by atoms with Gasteiger partial charge < -0.3 is 9.47 Å². The Hall–Kier alpha value is -2.00. The molecule has 3 rings (SSSR count). The smallest absolute Gasteiger partial charge is 0.266 e. The van der Waals surface area contributed by atoms with Crippen molar-refractivity contribution in [1.82, 2.24) is 10.3 Å². The first-order valence-electron chi connectivity index (χ1n) is 6.54. The molecule has 2 N–H and O–H groups in total. The van der Waals surface area contributed by atoms with Crippen LogP contribution in [-0.2, 0) is 10.0 Å². The van der Waals surface area contributed by atoms with Crippen LogP contribution in [0.15, 0.2) is 41.3 Å². The highest BCUT2D eigenvalue weighted by Crippen LogP contribution is 2.32. The monoisotopic (exact) mass is 388 g/mol. The zero-order valence-electron chi connectivity index (χ0n) is 11.9. The van der Waals surface area contributed by atoms with Crippen molar-refractivity contribution >= 4 is 39.1 Å². The molecule has 1 heterocycles. The molecule has 0 fully saturated rings. The van der Waals surface area contributed by atoms with Crippen molar-refractivity contribution in [2.45, 2.75) is 4.90 Å². The fraction of sp³-hybridized carbons (Fsp3) is 0.0714. The highest BCUT2D eigenvalue weighted by molar-refractivity contribution is 7.89. The molecule has 1 aliphatic rings. The van der Waals surface area contributed by atoms with Crippen molar-refractivity contribution in [2.24, 2.45) is 0 Å². The van der Waals surface area contributed by atoms with Gasteiger partial charge in [0.15, 0.2) is 11.5 Å². The van der Waals surface area contributed by atoms with E-state index >= 15 is 0 Å². The summed E-state index contributed by atoms with van der Waals surface area (Å²) in [6.07, 6.45) is 0. The number of halogens is 2. The molecule has 10 heteroatoms. The van der Waals surface area contributed by atoms with E-state index in [1.165, 1.54) is 30.3 Å². The van der Waals surface area contributed by atoms with Crippen LogP contribution in [0.3, 0.4) is 0 Å². The van der Waals surface area contributed by atoms with E-state index in [0.717, 1.165) is 0 Å². The van der Waals surface area contributed by atoms with Gasteiger partial charge in [0.05, 0.1) is 10.0 Å². The van der Waals surface area contributed by atoms with Gasteiger partial charge >= 0.3 is 0 Å². The molecule has 0 aliphatic carbocycles. The molecule has 126 valence electrons. The quantitative estimate of drug-likeness (QED) is 0.783. The third kappa shape index (κ3) is 3.27. The normalized spacial score (nSPS) is 12.9. The molecular weight excluding hydrogens is 379 g/mol. The second-order valence-electron chi connectivity index (χ2n) is 4.68. The number of hydrogen-bond acceptors (Lipinski definition) is 5. The number of benzene rings is 2. The van der Waals surface area contributed by atoms with Crippen LogP contribution in [0, 0.1) is 0 Å². The maximum absolute atomic E-state index is 12.3. The van der Waals surface area contributed by atoms with E-state index in [2.05, 4.69) is 5.43 Å². The summed E-state index contributed by atoms with van der Waals surface area (Å²) in [7, 11) is -4.14. The summed E-state index contributed by atoms with van der Waals surface area (Å²) in [4.78, 5) is 13.7. The molecule has 24 heavy (non-hydrogen) atoms. The average Bonchev–Trinajstić information content (AvgIpc) is 2.99. The van der Waals surface area contributed by atoms with Crippen LogP contribution in [0.25, 0.3) is 0 Å². The van der Waals surface area contributed by atoms with Crippen LogP contribution < -0.4 is 19.7 Å². The lowest BCUT2D eigenvalue weighted by Crippen LogP contribution is -2.41. The molecule has 7 nitrogen and oxygen atoms in total. The van der Waals surface area contributed by atoms with Gasteiger partial charge in [-0.1, -0.05) is 29.3 Å². The second kappa shape index (κ2) is 6.48. The van der Waals surface area contributed by atoms with E-state index in [-0.39, 0.29) is 27.3 Å². The van der Waals surface area contributed by atoms with Crippen LogP contribution >= 0.6 is 23.2 Å². The third-order valence-electron chi connectivity index (χ3n) is 3.12. The van der Waals surface area contributed by atoms with Crippen LogP contribution in [0.2, 0.25) is 10.0 Å². The fourth-order valence-corrected chi connectivity index (χ4v) is 4.00. The van der Waals surface area contributed by atoms with Crippen LogP contribution in [0.1, 0.15) is 10.4 Å². The molecule has 0 saturated heterocycles. The van der Waals surface area contributed by atoms with Gasteiger partial charge in [-0.2, -0.15) is 0 Å². The highest BCUT2D eigenvalue weighted by atomic mass is 35.5. The molecule has 2 aromatic carbocycles. The standard InChI is InChI=1S/C14H10Cl2N2O5S/c15-9-2-1-3-10(16)13(9)24(20,21)18-17-14(19)8-4-5-11-12(6-8)23-7-22-11/h1-6,18H,7H2,(H,17,19). The van der Waals surface area contributed by atoms with Crippen molar-refractivity contribution in [3.8, 4) is 11.5 Å². The molecule has 0 unspecified atom stereocenters. The van der Waals surface area contributed by atoms with Gasteiger partial charge in [0, 0.05) is 5.56 Å². The number of hydrogen-bond donors (Lipinski definition) is 2. The number of fused-ring (bicyclic) bond motifs is 1. The van der Waals surface area contributed by atoms with Gasteiger partial charge in [0.25, 0.3) is 15.9 Å². The van der Waals surface area contributed by atoms with Crippen molar-refractivity contribution in [1.29, 1.82) is 0 Å². The Labute approximate surface area is 147 Å². The minimum Gasteiger partial charge on any atom is -0.454 e. The van der Waals surface area contributed by atoms with E-state index in [4.69, 9.17) is 32.7 Å². The van der Waals surface area contributed by atoms with E-state index in [0.29, 0.717) is 11.5 Å². The third-order valence-corrected chi connectivity index (χ3v) is 5.32. The Morgan fingerprint density at radius 2 is 1.71 bits per heavy atom. The Morgan fingerprint density at radius 3 is 2.42 bits per heavy atom. The molecule has 0 spiro atoms. The number of rotatable bonds is 4.